The molecule has 3 heterocycles. The molecule has 0 radical (unpaired) electrons. The molecular weight excluding hydrogens is 456 g/mol. The van der Waals surface area contributed by atoms with E-state index in [9.17, 15) is 4.79 Å². The van der Waals surface area contributed by atoms with Crippen molar-refractivity contribution in [3.63, 3.8) is 0 Å². The highest BCUT2D eigenvalue weighted by Crippen LogP contribution is 2.39. The quantitative estimate of drug-likeness (QED) is 0.277. The maximum atomic E-state index is 12.3. The highest BCUT2D eigenvalue weighted by molar-refractivity contribution is 7.18. The maximum Gasteiger partial charge on any atom is 0.244 e. The lowest BCUT2D eigenvalue weighted by Crippen LogP contribution is -2.20. The van der Waals surface area contributed by atoms with Gasteiger partial charge in [-0.1, -0.05) is 30.3 Å². The van der Waals surface area contributed by atoms with Gasteiger partial charge in [-0.15, -0.1) is 11.3 Å². The van der Waals surface area contributed by atoms with Gasteiger partial charge in [-0.05, 0) is 59.0 Å². The summed E-state index contributed by atoms with van der Waals surface area (Å²) in [5, 5.41) is 5.82. The molecule has 35 heavy (non-hydrogen) atoms. The van der Waals surface area contributed by atoms with Crippen LogP contribution in [0.25, 0.3) is 27.3 Å². The second-order valence-electron chi connectivity index (χ2n) is 7.80. The Kier molecular flexibility index (Phi) is 6.50. The Morgan fingerprint density at radius 3 is 2.51 bits per heavy atom. The third kappa shape index (κ3) is 5.20. The monoisotopic (exact) mass is 478 g/mol. The zero-order chi connectivity index (χ0) is 24.0. The third-order valence-electron chi connectivity index (χ3n) is 5.43. The van der Waals surface area contributed by atoms with E-state index >= 15 is 0 Å². The molecule has 0 atom stereocenters. The fourth-order valence-electron chi connectivity index (χ4n) is 3.66. The van der Waals surface area contributed by atoms with Crippen LogP contribution >= 0.6 is 11.3 Å². The number of ether oxygens (including phenoxy) is 1. The topological polar surface area (TPSA) is 90.1 Å². The van der Waals surface area contributed by atoms with Crippen LogP contribution in [0.2, 0.25) is 0 Å². The molecular formula is C28H22N4O2S. The molecule has 2 aromatic carbocycles. The molecule has 172 valence electrons. The summed E-state index contributed by atoms with van der Waals surface area (Å²) in [5.41, 5.74) is 10.1. The number of thiophene rings is 1. The van der Waals surface area contributed by atoms with Crippen LogP contribution < -0.4 is 15.8 Å². The van der Waals surface area contributed by atoms with Crippen molar-refractivity contribution in [1.82, 2.24) is 15.3 Å². The summed E-state index contributed by atoms with van der Waals surface area (Å²) in [5.74, 6) is 1.82. The Hall–Kier alpha value is -4.49. The van der Waals surface area contributed by atoms with Crippen LogP contribution in [0, 0.1) is 0 Å². The van der Waals surface area contributed by atoms with E-state index in [1.807, 2.05) is 66.7 Å². The van der Waals surface area contributed by atoms with E-state index in [0.717, 1.165) is 43.8 Å². The summed E-state index contributed by atoms with van der Waals surface area (Å²) < 4.78 is 6.88. The normalized spacial score (nSPS) is 11.1. The molecule has 0 aliphatic heterocycles. The predicted octanol–water partition coefficient (Wildman–Crippen LogP) is 6.06. The number of pyridine rings is 2. The lowest BCUT2D eigenvalue weighted by Gasteiger charge is -2.07. The van der Waals surface area contributed by atoms with E-state index in [0.29, 0.717) is 12.4 Å². The van der Waals surface area contributed by atoms with Crippen LogP contribution in [-0.4, -0.2) is 15.9 Å². The summed E-state index contributed by atoms with van der Waals surface area (Å²) >= 11 is 1.58. The molecule has 0 fully saturated rings. The van der Waals surface area contributed by atoms with E-state index in [1.54, 1.807) is 36.0 Å². The van der Waals surface area contributed by atoms with Crippen molar-refractivity contribution in [2.75, 3.05) is 5.73 Å². The Bertz CT molecular complexity index is 1480. The second kappa shape index (κ2) is 10.2. The largest absolute Gasteiger partial charge is 0.457 e. The number of aromatic nitrogens is 2. The van der Waals surface area contributed by atoms with Crippen molar-refractivity contribution in [2.24, 2.45) is 0 Å². The first-order valence-electron chi connectivity index (χ1n) is 11.0. The highest BCUT2D eigenvalue weighted by atomic mass is 32.1. The lowest BCUT2D eigenvalue weighted by atomic mass is 10.0. The molecule has 5 aromatic rings. The van der Waals surface area contributed by atoms with Gasteiger partial charge in [0.05, 0.1) is 0 Å². The maximum absolute atomic E-state index is 12.3. The molecule has 0 unspecified atom stereocenters. The van der Waals surface area contributed by atoms with Crippen molar-refractivity contribution in [3.8, 4) is 22.6 Å². The van der Waals surface area contributed by atoms with Crippen LogP contribution in [0.4, 0.5) is 5.82 Å². The third-order valence-corrected chi connectivity index (χ3v) is 6.46. The Morgan fingerprint density at radius 1 is 1.00 bits per heavy atom. The summed E-state index contributed by atoms with van der Waals surface area (Å²) in [6, 6.07) is 21.3. The minimum Gasteiger partial charge on any atom is -0.457 e. The second-order valence-corrected chi connectivity index (χ2v) is 8.68. The fraction of sp³-hybridized carbons (Fsp3) is 0.0357. The molecule has 5 rings (SSSR count). The van der Waals surface area contributed by atoms with Crippen LogP contribution in [-0.2, 0) is 11.3 Å². The van der Waals surface area contributed by atoms with Gasteiger partial charge in [0.2, 0.25) is 5.91 Å². The SMILES string of the molecule is Nc1ncc(C=CC(=O)NCc2ccncc2)c2scc(-c3ccc(Oc4ccccc4)cc3)c12. The van der Waals surface area contributed by atoms with E-state index in [2.05, 4.69) is 20.7 Å². The van der Waals surface area contributed by atoms with Crippen LogP contribution in [0.1, 0.15) is 11.1 Å². The van der Waals surface area contributed by atoms with Crippen molar-refractivity contribution in [1.29, 1.82) is 0 Å². The van der Waals surface area contributed by atoms with E-state index < -0.39 is 0 Å². The van der Waals surface area contributed by atoms with Gasteiger partial charge < -0.3 is 15.8 Å². The first-order chi connectivity index (χ1) is 17.2. The van der Waals surface area contributed by atoms with Crippen molar-refractivity contribution < 1.29 is 9.53 Å². The highest BCUT2D eigenvalue weighted by Gasteiger charge is 2.13. The Morgan fingerprint density at radius 2 is 1.74 bits per heavy atom. The Balaban J connectivity index is 1.35. The smallest absolute Gasteiger partial charge is 0.244 e. The first-order valence-corrected chi connectivity index (χ1v) is 11.9. The van der Waals surface area contributed by atoms with Gasteiger partial charge in [0.25, 0.3) is 0 Å². The van der Waals surface area contributed by atoms with Crippen LogP contribution in [0.15, 0.2) is 96.8 Å². The van der Waals surface area contributed by atoms with Crippen molar-refractivity contribution in [3.05, 3.63) is 108 Å². The lowest BCUT2D eigenvalue weighted by molar-refractivity contribution is -0.116. The molecule has 0 aliphatic rings. The number of rotatable bonds is 7. The minimum absolute atomic E-state index is 0.183. The number of nitrogens with two attached hydrogens (primary N) is 1. The Labute approximate surface area is 206 Å². The van der Waals surface area contributed by atoms with Crippen LogP contribution in [0.3, 0.4) is 0 Å². The number of amides is 1. The van der Waals surface area contributed by atoms with Crippen LogP contribution in [0.5, 0.6) is 11.5 Å². The summed E-state index contributed by atoms with van der Waals surface area (Å²) in [4.78, 5) is 20.7. The van der Waals surface area contributed by atoms with Crippen molar-refractivity contribution >= 4 is 39.2 Å². The average molecular weight is 479 g/mol. The number of nitrogens with one attached hydrogen (secondary N) is 1. The number of hydrogen-bond donors (Lipinski definition) is 2. The number of carbonyl (C=O) groups excluding carboxylic acids is 1. The molecule has 3 aromatic heterocycles. The summed E-state index contributed by atoms with van der Waals surface area (Å²) in [6.07, 6.45) is 8.39. The molecule has 0 spiro atoms. The molecule has 0 saturated heterocycles. The summed E-state index contributed by atoms with van der Waals surface area (Å²) in [7, 11) is 0. The molecule has 0 aliphatic carbocycles. The number of benzene rings is 2. The van der Waals surface area contributed by atoms with E-state index in [-0.39, 0.29) is 5.91 Å². The molecule has 1 amide bonds. The predicted molar refractivity (Wildman–Crippen MR) is 141 cm³/mol. The van der Waals surface area contributed by atoms with Gasteiger partial charge in [-0.25, -0.2) is 4.98 Å². The van der Waals surface area contributed by atoms with Gasteiger partial charge >= 0.3 is 0 Å². The average Bonchev–Trinajstić information content (AvgIpc) is 3.35. The number of para-hydroxylation sites is 1. The zero-order valence-corrected chi connectivity index (χ0v) is 19.5. The molecule has 6 nitrogen and oxygen atoms in total. The minimum atomic E-state index is -0.183. The molecule has 0 saturated carbocycles. The number of hydrogen-bond acceptors (Lipinski definition) is 6. The number of nitrogen functional groups attached to an aromatic ring is 1. The molecule has 0 bridgehead atoms. The van der Waals surface area contributed by atoms with Crippen molar-refractivity contribution in [2.45, 2.75) is 6.54 Å². The summed E-state index contributed by atoms with van der Waals surface area (Å²) in [6.45, 7) is 0.439. The number of nitrogens with zero attached hydrogens (tertiary/aromatic N) is 2. The van der Waals surface area contributed by atoms with Gasteiger partial charge in [-0.3, -0.25) is 9.78 Å². The van der Waals surface area contributed by atoms with E-state index in [1.165, 1.54) is 6.08 Å². The zero-order valence-electron chi connectivity index (χ0n) is 18.7. The molecule has 3 N–H and O–H groups in total. The number of fused-ring (bicyclic) bond motifs is 1. The standard InChI is InChI=1S/C28H22N4O2S/c29-28-26-24(20-6-9-23(10-7-20)34-22-4-2-1-3-5-22)18-35-27(26)21(17-32-28)8-11-25(33)31-16-19-12-14-30-15-13-19/h1-15,17-18H,16H2,(H2,29,32)(H,31,33). The van der Waals surface area contributed by atoms with Gasteiger partial charge in [0.15, 0.2) is 0 Å². The first kappa shape index (κ1) is 22.3. The van der Waals surface area contributed by atoms with Gasteiger partial charge in [0.1, 0.15) is 17.3 Å². The number of carbonyl (C=O) groups is 1. The fourth-order valence-corrected chi connectivity index (χ4v) is 4.74. The molecule has 7 heteroatoms. The number of anilines is 1. The van der Waals surface area contributed by atoms with E-state index in [4.69, 9.17) is 10.5 Å². The van der Waals surface area contributed by atoms with Gasteiger partial charge in [0, 0.05) is 52.4 Å². The van der Waals surface area contributed by atoms with Gasteiger partial charge in [-0.2, -0.15) is 0 Å².